The topological polar surface area (TPSA) is 227 Å². The molecule has 0 aromatic heterocycles. The molecule has 7 fully saturated rings. The average molecular weight is 699 g/mol. The van der Waals surface area contributed by atoms with Crippen LogP contribution in [0.15, 0.2) is 0 Å². The lowest BCUT2D eigenvalue weighted by Crippen LogP contribution is -2.78. The maximum absolute atomic E-state index is 14.0. The molecule has 0 unspecified atom stereocenters. The second kappa shape index (κ2) is 11.3. The third-order valence-corrected chi connectivity index (χ3v) is 16.3. The van der Waals surface area contributed by atoms with Crippen LogP contribution in [0.3, 0.4) is 0 Å². The summed E-state index contributed by atoms with van der Waals surface area (Å²) in [4.78, 5) is 14.0. The fourth-order valence-electron chi connectivity index (χ4n) is 13.6. The average Bonchev–Trinajstić information content (AvgIpc) is 3.26. The van der Waals surface area contributed by atoms with Gasteiger partial charge in [-0.05, 0) is 79.4 Å². The quantitative estimate of drug-likeness (QED) is 0.132. The molecule has 7 rings (SSSR count). The van der Waals surface area contributed by atoms with Gasteiger partial charge in [0.1, 0.15) is 35.4 Å². The predicted molar refractivity (Wildman–Crippen MR) is 170 cm³/mol. The second-order valence-electron chi connectivity index (χ2n) is 18.6. The Kier molecular flexibility index (Phi) is 8.37. The zero-order valence-corrected chi connectivity index (χ0v) is 29.4. The molecule has 0 aromatic carbocycles. The van der Waals surface area contributed by atoms with E-state index in [0.29, 0.717) is 25.7 Å². The fourth-order valence-corrected chi connectivity index (χ4v) is 13.6. The number of carbonyl (C=O) groups is 1. The molecule has 280 valence electrons. The van der Waals surface area contributed by atoms with Crippen LogP contribution >= 0.6 is 0 Å². The van der Waals surface area contributed by atoms with E-state index in [1.165, 1.54) is 0 Å². The molecule has 0 aromatic rings. The summed E-state index contributed by atoms with van der Waals surface area (Å²) < 4.78 is 18.3. The maximum Gasteiger partial charge on any atom is 0.315 e. The first-order chi connectivity index (χ1) is 22.8. The first kappa shape index (κ1) is 36.4. The van der Waals surface area contributed by atoms with Crippen molar-refractivity contribution < 1.29 is 65.0 Å². The minimum Gasteiger partial charge on any atom is -0.455 e. The minimum absolute atomic E-state index is 0.112. The smallest absolute Gasteiger partial charge is 0.315 e. The van der Waals surface area contributed by atoms with Gasteiger partial charge in [0.15, 0.2) is 6.29 Å². The number of fused-ring (bicyclic) bond motifs is 4. The third-order valence-electron chi connectivity index (χ3n) is 16.3. The Morgan fingerprint density at radius 1 is 0.776 bits per heavy atom. The van der Waals surface area contributed by atoms with Crippen LogP contribution in [0.25, 0.3) is 0 Å². The number of esters is 1. The summed E-state index contributed by atoms with van der Waals surface area (Å²) in [6.07, 6.45) is -8.85. The Morgan fingerprint density at radius 2 is 1.45 bits per heavy atom. The van der Waals surface area contributed by atoms with Crippen molar-refractivity contribution in [1.82, 2.24) is 0 Å². The first-order valence-electron chi connectivity index (χ1n) is 18.3. The first-order valence-corrected chi connectivity index (χ1v) is 18.3. The molecule has 9 N–H and O–H groups in total. The van der Waals surface area contributed by atoms with Crippen molar-refractivity contribution in [3.05, 3.63) is 0 Å². The Labute approximate surface area is 287 Å². The SMILES string of the molecule is CC1(C)CC[C@@]23C(=O)O[C@]4([C@@H]2C1)[C@@H](O)C[C@@H]1[C@@]2(C)C[C@H](O)[C@H](O[C@@H]5O[C@H](CO)[C@@H](O)[C@H](O)[C@H]5O)C(CO)(CO)[C@@H]2CC[C@@]1(C)[C@]4(C)C[C@H]3O. The summed E-state index contributed by atoms with van der Waals surface area (Å²) in [5, 5.41) is 99.8. The van der Waals surface area contributed by atoms with Gasteiger partial charge in [-0.1, -0.05) is 34.6 Å². The van der Waals surface area contributed by atoms with E-state index in [9.17, 15) is 50.8 Å². The van der Waals surface area contributed by atoms with Crippen molar-refractivity contribution in [3.8, 4) is 0 Å². The number of aliphatic hydroxyl groups excluding tert-OH is 9. The van der Waals surface area contributed by atoms with Crippen molar-refractivity contribution in [2.24, 2.45) is 50.2 Å². The van der Waals surface area contributed by atoms with Crippen molar-refractivity contribution in [2.45, 2.75) is 147 Å². The summed E-state index contributed by atoms with van der Waals surface area (Å²) in [7, 11) is 0. The molecule has 2 aliphatic heterocycles. The van der Waals surface area contributed by atoms with Gasteiger partial charge in [-0.15, -0.1) is 0 Å². The largest absolute Gasteiger partial charge is 0.455 e. The summed E-state index contributed by atoms with van der Waals surface area (Å²) in [5.74, 6) is -1.53. The molecule has 5 saturated carbocycles. The summed E-state index contributed by atoms with van der Waals surface area (Å²) in [6.45, 7) is 8.73. The van der Waals surface area contributed by atoms with Crippen LogP contribution in [0.4, 0.5) is 0 Å². The van der Waals surface area contributed by atoms with Gasteiger partial charge in [-0.3, -0.25) is 4.79 Å². The van der Waals surface area contributed by atoms with Crippen LogP contribution in [0.5, 0.6) is 0 Å². The normalized spacial score (nSPS) is 57.3. The van der Waals surface area contributed by atoms with Gasteiger partial charge >= 0.3 is 5.97 Å². The van der Waals surface area contributed by atoms with Gasteiger partial charge in [0.25, 0.3) is 0 Å². The van der Waals surface area contributed by atoms with Crippen LogP contribution in [0, 0.1) is 50.2 Å². The molecule has 2 heterocycles. The fraction of sp³-hybridized carbons (Fsp3) is 0.972. The van der Waals surface area contributed by atoms with Gasteiger partial charge in [-0.25, -0.2) is 0 Å². The highest BCUT2D eigenvalue weighted by Crippen LogP contribution is 2.80. The summed E-state index contributed by atoms with van der Waals surface area (Å²) in [5.41, 5.74) is -6.06. The van der Waals surface area contributed by atoms with Crippen LogP contribution in [-0.4, -0.2) is 132 Å². The molecule has 13 heteroatoms. The molecular formula is C36H58O13. The highest BCUT2D eigenvalue weighted by molar-refractivity contribution is 5.83. The predicted octanol–water partition coefficient (Wildman–Crippen LogP) is -0.410. The van der Waals surface area contributed by atoms with Crippen LogP contribution in [0.1, 0.15) is 86.0 Å². The molecule has 2 bridgehead atoms. The van der Waals surface area contributed by atoms with Gasteiger partial charge in [0, 0.05) is 16.7 Å². The molecule has 17 atom stereocenters. The Hall–Kier alpha value is -0.970. The highest BCUT2D eigenvalue weighted by Gasteiger charge is 2.85. The number of rotatable bonds is 5. The third kappa shape index (κ3) is 4.24. The van der Waals surface area contributed by atoms with E-state index >= 15 is 0 Å². The minimum atomic E-state index is -1.74. The molecule has 5 aliphatic carbocycles. The second-order valence-corrected chi connectivity index (χ2v) is 18.6. The van der Waals surface area contributed by atoms with Crippen molar-refractivity contribution in [2.75, 3.05) is 19.8 Å². The molecule has 49 heavy (non-hydrogen) atoms. The lowest BCUT2D eigenvalue weighted by atomic mass is 9.30. The molecule has 0 amide bonds. The number of hydrogen-bond donors (Lipinski definition) is 9. The molecule has 0 radical (unpaired) electrons. The Morgan fingerprint density at radius 3 is 2.08 bits per heavy atom. The van der Waals surface area contributed by atoms with Crippen molar-refractivity contribution in [1.29, 1.82) is 0 Å². The highest BCUT2D eigenvalue weighted by atomic mass is 16.7. The van der Waals surface area contributed by atoms with E-state index in [1.54, 1.807) is 0 Å². The Bertz CT molecular complexity index is 1320. The van der Waals surface area contributed by atoms with E-state index in [4.69, 9.17) is 14.2 Å². The van der Waals surface area contributed by atoms with Crippen molar-refractivity contribution in [3.63, 3.8) is 0 Å². The zero-order chi connectivity index (χ0) is 35.9. The molecular weight excluding hydrogens is 640 g/mol. The summed E-state index contributed by atoms with van der Waals surface area (Å²) >= 11 is 0. The van der Waals surface area contributed by atoms with E-state index in [2.05, 4.69) is 27.7 Å². The van der Waals surface area contributed by atoms with E-state index < -0.39 is 120 Å². The van der Waals surface area contributed by atoms with Gasteiger partial charge < -0.3 is 60.2 Å². The number of carbonyl (C=O) groups excluding carboxylic acids is 1. The lowest BCUT2D eigenvalue weighted by Gasteiger charge is -2.75. The van der Waals surface area contributed by atoms with E-state index in [1.807, 2.05) is 6.92 Å². The van der Waals surface area contributed by atoms with Crippen LogP contribution < -0.4 is 0 Å². The molecule has 13 nitrogen and oxygen atoms in total. The molecule has 1 spiro atoms. The van der Waals surface area contributed by atoms with E-state index in [-0.39, 0.29) is 36.5 Å². The van der Waals surface area contributed by atoms with Crippen LogP contribution in [0.2, 0.25) is 0 Å². The summed E-state index contributed by atoms with van der Waals surface area (Å²) in [6, 6.07) is 0. The van der Waals surface area contributed by atoms with E-state index in [0.717, 1.165) is 6.42 Å². The number of hydrogen-bond acceptors (Lipinski definition) is 13. The van der Waals surface area contributed by atoms with Crippen LogP contribution in [-0.2, 0) is 19.0 Å². The zero-order valence-electron chi connectivity index (χ0n) is 29.4. The monoisotopic (exact) mass is 698 g/mol. The van der Waals surface area contributed by atoms with Crippen molar-refractivity contribution >= 4 is 5.97 Å². The maximum atomic E-state index is 14.0. The lowest BCUT2D eigenvalue weighted by molar-refractivity contribution is -0.361. The van der Waals surface area contributed by atoms with Gasteiger partial charge in [0.2, 0.25) is 0 Å². The number of ether oxygens (including phenoxy) is 3. The molecule has 7 aliphatic rings. The molecule has 2 saturated heterocycles. The standard InChI is InChI=1S/C36H58O13/c1-30(2)8-9-35-21(12-30)36(49-29(35)46)22(41)10-20-31(3)11-17(40)27(48-28-26(45)25(44)24(43)18(14-37)47-28)34(15-38,16-39)19(31)6-7-32(20,4)33(36,5)13-23(35)42/h17-28,37-45H,6-16H2,1-5H3/t17-,18+,19+,20+,21+,22-,23+,24+,25-,26+,27-,28-,31-,32+,33-,35+,36+/m0/s1. The van der Waals surface area contributed by atoms with Gasteiger partial charge in [0.05, 0.1) is 44.2 Å². The van der Waals surface area contributed by atoms with Gasteiger partial charge in [-0.2, -0.15) is 0 Å². The number of aliphatic hydroxyl groups is 9. The Balaban J connectivity index is 1.27.